The summed E-state index contributed by atoms with van der Waals surface area (Å²) >= 11 is 0. The second kappa shape index (κ2) is 11.8. The lowest BCUT2D eigenvalue weighted by Gasteiger charge is -2.30. The Balaban J connectivity index is 1.18. The highest BCUT2D eigenvalue weighted by Gasteiger charge is 2.42. The molecule has 0 unspecified atom stereocenters. The Morgan fingerprint density at radius 2 is 1.14 bits per heavy atom. The molecule has 0 atom stereocenters. The van der Waals surface area contributed by atoms with E-state index in [4.69, 9.17) is 8.83 Å². The third kappa shape index (κ3) is 5.00. The van der Waals surface area contributed by atoms with Gasteiger partial charge >= 0.3 is 0 Å². The summed E-state index contributed by atoms with van der Waals surface area (Å²) in [6.07, 6.45) is 0. The summed E-state index contributed by atoms with van der Waals surface area (Å²) in [5.74, 6) is 0. The van der Waals surface area contributed by atoms with Crippen molar-refractivity contribution in [3.8, 4) is 22.3 Å². The van der Waals surface area contributed by atoms with Gasteiger partial charge in [-0.05, 0) is 104 Å². The van der Waals surface area contributed by atoms with Crippen LogP contribution in [0.2, 0.25) is 0 Å². The molecule has 0 spiro atoms. The predicted octanol–water partition coefficient (Wildman–Crippen LogP) is 16.2. The number of fused-ring (bicyclic) bond motifs is 13. The molecular formula is C56H51NO2. The van der Waals surface area contributed by atoms with Crippen molar-refractivity contribution in [2.45, 2.75) is 90.9 Å². The van der Waals surface area contributed by atoms with Crippen molar-refractivity contribution in [2.24, 2.45) is 0 Å². The van der Waals surface area contributed by atoms with E-state index in [1.54, 1.807) is 0 Å². The van der Waals surface area contributed by atoms with Gasteiger partial charge < -0.3 is 13.7 Å². The number of para-hydroxylation sites is 1. The summed E-state index contributed by atoms with van der Waals surface area (Å²) in [5.41, 5.74) is 19.6. The molecule has 0 amide bonds. The van der Waals surface area contributed by atoms with Crippen molar-refractivity contribution in [2.75, 3.05) is 4.90 Å². The van der Waals surface area contributed by atoms with Crippen LogP contribution in [0.1, 0.15) is 103 Å². The Hall–Kier alpha value is -6.06. The first-order chi connectivity index (χ1) is 28.0. The summed E-state index contributed by atoms with van der Waals surface area (Å²) in [6, 6.07) is 47.4. The van der Waals surface area contributed by atoms with Gasteiger partial charge in [-0.15, -0.1) is 0 Å². The molecule has 3 nitrogen and oxygen atoms in total. The fourth-order valence-electron chi connectivity index (χ4n) is 10.5. The number of benzene rings is 7. The lowest BCUT2D eigenvalue weighted by atomic mass is 9.79. The van der Waals surface area contributed by atoms with Crippen LogP contribution in [0.3, 0.4) is 0 Å². The van der Waals surface area contributed by atoms with Gasteiger partial charge in [-0.3, -0.25) is 0 Å². The van der Waals surface area contributed by atoms with Crippen LogP contribution >= 0.6 is 0 Å². The van der Waals surface area contributed by atoms with Crippen molar-refractivity contribution in [3.63, 3.8) is 0 Å². The van der Waals surface area contributed by atoms with Crippen LogP contribution in [0.4, 0.5) is 17.1 Å². The van der Waals surface area contributed by atoms with E-state index in [1.807, 2.05) is 6.07 Å². The Labute approximate surface area is 347 Å². The lowest BCUT2D eigenvalue weighted by Crippen LogP contribution is -2.17. The number of nitrogens with zero attached hydrogens (tertiary/aromatic N) is 1. The molecule has 0 N–H and O–H groups in total. The zero-order valence-corrected chi connectivity index (χ0v) is 35.9. The van der Waals surface area contributed by atoms with Crippen molar-refractivity contribution in [1.29, 1.82) is 0 Å². The maximum atomic E-state index is 7.22. The van der Waals surface area contributed by atoms with Gasteiger partial charge in [0.2, 0.25) is 0 Å². The molecule has 0 aliphatic heterocycles. The van der Waals surface area contributed by atoms with E-state index in [0.29, 0.717) is 0 Å². The molecule has 7 aromatic carbocycles. The minimum absolute atomic E-state index is 0.00367. The van der Waals surface area contributed by atoms with Gasteiger partial charge in [0.1, 0.15) is 22.3 Å². The second-order valence-corrected chi connectivity index (χ2v) is 20.2. The van der Waals surface area contributed by atoms with Crippen LogP contribution < -0.4 is 4.90 Å². The quantitative estimate of drug-likeness (QED) is 0.179. The van der Waals surface area contributed by atoms with Crippen LogP contribution in [-0.4, -0.2) is 0 Å². The zero-order chi connectivity index (χ0) is 41.0. The Morgan fingerprint density at radius 3 is 1.93 bits per heavy atom. The van der Waals surface area contributed by atoms with E-state index in [-0.39, 0.29) is 21.7 Å². The van der Waals surface area contributed by atoms with Crippen molar-refractivity contribution in [1.82, 2.24) is 0 Å². The van der Waals surface area contributed by atoms with E-state index >= 15 is 0 Å². The first-order valence-corrected chi connectivity index (χ1v) is 21.2. The van der Waals surface area contributed by atoms with E-state index in [0.717, 1.165) is 50.2 Å². The average molecular weight is 770 g/mol. The van der Waals surface area contributed by atoms with Crippen LogP contribution in [0.15, 0.2) is 136 Å². The summed E-state index contributed by atoms with van der Waals surface area (Å²) in [7, 11) is 0. The maximum Gasteiger partial charge on any atom is 0.140 e. The molecule has 292 valence electrons. The topological polar surface area (TPSA) is 29.5 Å². The van der Waals surface area contributed by atoms with Gasteiger partial charge in [-0.2, -0.15) is 0 Å². The number of hydrogen-bond acceptors (Lipinski definition) is 3. The number of rotatable bonds is 3. The highest BCUT2D eigenvalue weighted by atomic mass is 16.3. The largest absolute Gasteiger partial charge is 0.456 e. The number of furan rings is 2. The van der Waals surface area contributed by atoms with Gasteiger partial charge in [0.05, 0.1) is 5.69 Å². The molecule has 0 saturated carbocycles. The van der Waals surface area contributed by atoms with Gasteiger partial charge in [0.15, 0.2) is 0 Å². The first kappa shape index (κ1) is 36.1. The zero-order valence-electron chi connectivity index (χ0n) is 35.9. The molecule has 3 heteroatoms. The highest BCUT2D eigenvalue weighted by Crippen LogP contribution is 2.58. The highest BCUT2D eigenvalue weighted by molar-refractivity contribution is 6.12. The van der Waals surface area contributed by atoms with Gasteiger partial charge in [0.25, 0.3) is 0 Å². The summed E-state index contributed by atoms with van der Waals surface area (Å²) in [5, 5.41) is 4.62. The summed E-state index contributed by atoms with van der Waals surface area (Å²) < 4.78 is 13.6. The van der Waals surface area contributed by atoms with Crippen molar-refractivity contribution < 1.29 is 8.83 Å². The average Bonchev–Trinajstić information content (AvgIpc) is 3.89. The normalized spacial score (nSPS) is 15.2. The monoisotopic (exact) mass is 769 g/mol. The van der Waals surface area contributed by atoms with E-state index in [1.165, 1.54) is 66.4 Å². The molecule has 2 aliphatic carbocycles. The van der Waals surface area contributed by atoms with Crippen molar-refractivity contribution in [3.05, 3.63) is 161 Å². The third-order valence-corrected chi connectivity index (χ3v) is 13.7. The first-order valence-electron chi connectivity index (χ1n) is 21.2. The molecule has 59 heavy (non-hydrogen) atoms. The molecule has 0 radical (unpaired) electrons. The van der Waals surface area contributed by atoms with Crippen LogP contribution in [0.5, 0.6) is 0 Å². The molecule has 0 saturated heterocycles. The standard InChI is InChI=1S/C56H51NO2/c1-53(2,3)32-28-41-38-25-26-39-49-43(56(9,10)50(39)52(38)59-51(41)45(29-32)54(4,5)6)19-15-20-46(49)57(33-23-27-48-40(30-33)37-17-12-14-21-47(37)58-48)34-22-24-36-35-16-11-13-18-42(35)55(7,8)44(36)31-34/h11-31H,1-10H3. The Morgan fingerprint density at radius 1 is 0.458 bits per heavy atom. The van der Waals surface area contributed by atoms with Gasteiger partial charge in [0, 0.05) is 60.4 Å². The third-order valence-electron chi connectivity index (χ3n) is 13.7. The van der Waals surface area contributed by atoms with Crippen LogP contribution in [0, 0.1) is 0 Å². The molecular weight excluding hydrogens is 719 g/mol. The predicted molar refractivity (Wildman–Crippen MR) is 248 cm³/mol. The fourth-order valence-corrected chi connectivity index (χ4v) is 10.5. The van der Waals surface area contributed by atoms with Crippen LogP contribution in [0.25, 0.3) is 66.1 Å². The van der Waals surface area contributed by atoms with Crippen LogP contribution in [-0.2, 0) is 21.7 Å². The van der Waals surface area contributed by atoms with Gasteiger partial charge in [-0.1, -0.05) is 142 Å². The smallest absolute Gasteiger partial charge is 0.140 e. The van der Waals surface area contributed by atoms with E-state index < -0.39 is 0 Å². The molecule has 2 heterocycles. The number of hydrogen-bond donors (Lipinski definition) is 0. The SMILES string of the molecule is CC(C)(C)c1cc(C(C)(C)C)c2oc3c4c(ccc3c2c1)-c1c(N(c2ccc3c(c2)C(C)(C)c2ccccc2-3)c2ccc3oc5ccccc5c3c2)cccc1C4(C)C. The molecule has 11 rings (SSSR count). The van der Waals surface area contributed by atoms with E-state index in [2.05, 4.69) is 195 Å². The Bertz CT molecular complexity index is 3240. The molecule has 2 aliphatic rings. The lowest BCUT2D eigenvalue weighted by molar-refractivity contribution is 0.556. The second-order valence-electron chi connectivity index (χ2n) is 20.2. The molecule has 0 bridgehead atoms. The number of anilines is 3. The minimum atomic E-state index is -0.319. The minimum Gasteiger partial charge on any atom is -0.456 e. The molecule has 0 fully saturated rings. The molecule has 2 aromatic heterocycles. The summed E-state index contributed by atoms with van der Waals surface area (Å²) in [4.78, 5) is 2.49. The molecule has 9 aromatic rings. The summed E-state index contributed by atoms with van der Waals surface area (Å²) in [6.45, 7) is 23.3. The van der Waals surface area contributed by atoms with Crippen molar-refractivity contribution >= 4 is 60.9 Å². The maximum absolute atomic E-state index is 7.22. The van der Waals surface area contributed by atoms with E-state index in [9.17, 15) is 0 Å². The fraction of sp³-hybridized carbons (Fsp3) is 0.250. The Kier molecular flexibility index (Phi) is 7.20. The van der Waals surface area contributed by atoms with Gasteiger partial charge in [-0.25, -0.2) is 0 Å².